The average molecular weight is 411 g/mol. The lowest BCUT2D eigenvalue weighted by atomic mass is 9.76. The molecule has 110 valence electrons. The van der Waals surface area contributed by atoms with Gasteiger partial charge in [0.2, 0.25) is 0 Å². The van der Waals surface area contributed by atoms with Crippen LogP contribution in [0.15, 0.2) is 51.4 Å². The molecule has 0 spiro atoms. The Morgan fingerprint density at radius 1 is 1.00 bits per heavy atom. The zero-order valence-corrected chi connectivity index (χ0v) is 14.9. The molecular weight excluding hydrogens is 394 g/mol. The second-order valence-corrected chi connectivity index (χ2v) is 7.09. The minimum Gasteiger partial charge on any atom is -0.497 e. The van der Waals surface area contributed by atoms with Gasteiger partial charge in [0.05, 0.1) is 12.8 Å². The van der Waals surface area contributed by atoms with E-state index in [-0.39, 0.29) is 0 Å². The molecule has 1 saturated carbocycles. The summed E-state index contributed by atoms with van der Waals surface area (Å²) in [6, 6.07) is 15.1. The van der Waals surface area contributed by atoms with E-state index in [0.717, 1.165) is 20.4 Å². The second kappa shape index (κ2) is 6.41. The van der Waals surface area contributed by atoms with Gasteiger partial charge in [-0.1, -0.05) is 18.2 Å². The fraction of sp³-hybridized carbons (Fsp3) is 0.294. The number of rotatable bonds is 4. The number of ether oxygens (including phenoxy) is 1. The maximum atomic E-state index is 5.20. The summed E-state index contributed by atoms with van der Waals surface area (Å²) >= 11 is 7.20. The molecule has 0 amide bonds. The highest BCUT2D eigenvalue weighted by Crippen LogP contribution is 2.41. The number of methoxy groups -OCH3 is 1. The Bertz CT molecular complexity index is 601. The van der Waals surface area contributed by atoms with Crippen LogP contribution in [0.5, 0.6) is 5.75 Å². The molecule has 2 aromatic rings. The van der Waals surface area contributed by atoms with E-state index in [1.807, 2.05) is 18.2 Å². The molecule has 0 heterocycles. The molecular formula is C17H17Br2NO. The zero-order chi connectivity index (χ0) is 14.8. The van der Waals surface area contributed by atoms with Crippen molar-refractivity contribution < 1.29 is 4.74 Å². The van der Waals surface area contributed by atoms with E-state index < -0.39 is 0 Å². The summed E-state index contributed by atoms with van der Waals surface area (Å²) in [6.07, 6.45) is 2.33. The highest BCUT2D eigenvalue weighted by molar-refractivity contribution is 9.11. The molecule has 0 bridgehead atoms. The van der Waals surface area contributed by atoms with Crippen LogP contribution >= 0.6 is 31.9 Å². The van der Waals surface area contributed by atoms with E-state index in [1.165, 1.54) is 18.4 Å². The van der Waals surface area contributed by atoms with Crippen molar-refractivity contribution in [3.8, 4) is 5.75 Å². The van der Waals surface area contributed by atoms with Gasteiger partial charge in [-0.15, -0.1) is 0 Å². The summed E-state index contributed by atoms with van der Waals surface area (Å²) in [5.41, 5.74) is 2.55. The van der Waals surface area contributed by atoms with Crippen LogP contribution in [0, 0.1) is 0 Å². The van der Waals surface area contributed by atoms with E-state index in [1.54, 1.807) is 7.11 Å². The Balaban J connectivity index is 1.60. The number of hydrogen-bond acceptors (Lipinski definition) is 2. The molecule has 0 aliphatic heterocycles. The van der Waals surface area contributed by atoms with Crippen LogP contribution in [-0.2, 0) is 0 Å². The molecule has 1 N–H and O–H groups in total. The van der Waals surface area contributed by atoms with Gasteiger partial charge in [0.25, 0.3) is 0 Å². The summed E-state index contributed by atoms with van der Waals surface area (Å²) in [7, 11) is 1.70. The Morgan fingerprint density at radius 3 is 2.19 bits per heavy atom. The number of benzene rings is 2. The van der Waals surface area contributed by atoms with Crippen molar-refractivity contribution >= 4 is 37.5 Å². The fourth-order valence-corrected chi connectivity index (χ4v) is 3.95. The molecule has 1 fully saturated rings. The minimum atomic E-state index is 0.534. The van der Waals surface area contributed by atoms with Crippen molar-refractivity contribution in [3.63, 3.8) is 0 Å². The first-order valence-electron chi connectivity index (χ1n) is 7.02. The monoisotopic (exact) mass is 409 g/mol. The summed E-state index contributed by atoms with van der Waals surface area (Å²) in [6.45, 7) is 0. The average Bonchev–Trinajstić information content (AvgIpc) is 2.45. The van der Waals surface area contributed by atoms with Gasteiger partial charge in [-0.3, -0.25) is 0 Å². The van der Waals surface area contributed by atoms with Crippen LogP contribution in [0.2, 0.25) is 0 Å². The third-order valence-corrected chi connectivity index (χ3v) is 5.36. The minimum absolute atomic E-state index is 0.534. The Kier molecular flexibility index (Phi) is 4.55. The number of halogens is 2. The smallest absolute Gasteiger partial charge is 0.118 e. The van der Waals surface area contributed by atoms with E-state index in [2.05, 4.69) is 61.4 Å². The van der Waals surface area contributed by atoms with E-state index in [4.69, 9.17) is 4.74 Å². The van der Waals surface area contributed by atoms with Gasteiger partial charge in [0.1, 0.15) is 5.75 Å². The van der Waals surface area contributed by atoms with Crippen LogP contribution in [0.3, 0.4) is 0 Å². The van der Waals surface area contributed by atoms with Crippen molar-refractivity contribution in [2.75, 3.05) is 12.4 Å². The highest BCUT2D eigenvalue weighted by Gasteiger charge is 2.30. The fourth-order valence-electron chi connectivity index (χ4n) is 2.72. The van der Waals surface area contributed by atoms with Gasteiger partial charge < -0.3 is 10.1 Å². The highest BCUT2D eigenvalue weighted by atomic mass is 79.9. The van der Waals surface area contributed by atoms with Gasteiger partial charge in [0, 0.05) is 15.0 Å². The summed E-state index contributed by atoms with van der Waals surface area (Å²) in [5, 5.41) is 3.62. The molecule has 0 unspecified atom stereocenters. The van der Waals surface area contributed by atoms with E-state index in [9.17, 15) is 0 Å². The van der Waals surface area contributed by atoms with Crippen LogP contribution in [0.25, 0.3) is 0 Å². The molecule has 2 nitrogen and oxygen atoms in total. The maximum absolute atomic E-state index is 5.20. The normalized spacial score (nSPS) is 20.7. The summed E-state index contributed by atoms with van der Waals surface area (Å²) in [5.74, 6) is 1.57. The predicted molar refractivity (Wildman–Crippen MR) is 94.2 cm³/mol. The molecule has 0 aromatic heterocycles. The second-order valence-electron chi connectivity index (χ2n) is 5.38. The largest absolute Gasteiger partial charge is 0.497 e. The lowest BCUT2D eigenvalue weighted by molar-refractivity contribution is 0.373. The molecule has 2 aromatic carbocycles. The Hall–Kier alpha value is -1.00. The van der Waals surface area contributed by atoms with Gasteiger partial charge in [0.15, 0.2) is 0 Å². The molecule has 1 aliphatic rings. The SMILES string of the molecule is COc1ccc(C2CC(Nc3c(Br)cccc3Br)C2)cc1. The van der Waals surface area contributed by atoms with Crippen molar-refractivity contribution in [2.45, 2.75) is 24.8 Å². The van der Waals surface area contributed by atoms with Gasteiger partial charge in [-0.05, 0) is 80.4 Å². The molecule has 21 heavy (non-hydrogen) atoms. The third-order valence-electron chi connectivity index (χ3n) is 4.04. The van der Waals surface area contributed by atoms with Crippen molar-refractivity contribution in [2.24, 2.45) is 0 Å². The van der Waals surface area contributed by atoms with Crippen molar-refractivity contribution in [1.29, 1.82) is 0 Å². The van der Waals surface area contributed by atoms with Gasteiger partial charge in [-0.25, -0.2) is 0 Å². The molecule has 3 rings (SSSR count). The van der Waals surface area contributed by atoms with Gasteiger partial charge >= 0.3 is 0 Å². The van der Waals surface area contributed by atoms with Gasteiger partial charge in [-0.2, -0.15) is 0 Å². The maximum Gasteiger partial charge on any atom is 0.118 e. The topological polar surface area (TPSA) is 21.3 Å². The van der Waals surface area contributed by atoms with E-state index in [0.29, 0.717) is 12.0 Å². The first-order valence-corrected chi connectivity index (χ1v) is 8.60. The number of hydrogen-bond donors (Lipinski definition) is 1. The van der Waals surface area contributed by atoms with Crippen LogP contribution in [0.4, 0.5) is 5.69 Å². The molecule has 0 radical (unpaired) electrons. The lowest BCUT2D eigenvalue weighted by Gasteiger charge is -2.37. The van der Waals surface area contributed by atoms with E-state index >= 15 is 0 Å². The first-order chi connectivity index (χ1) is 10.2. The third kappa shape index (κ3) is 3.27. The number of nitrogens with one attached hydrogen (secondary N) is 1. The molecule has 0 atom stereocenters. The summed E-state index contributed by atoms with van der Waals surface area (Å²) < 4.78 is 7.41. The van der Waals surface area contributed by atoms with Crippen molar-refractivity contribution in [3.05, 3.63) is 57.0 Å². The standard InChI is InChI=1S/C17H17Br2NO/c1-21-14-7-5-11(6-8-14)12-9-13(10-12)20-17-15(18)3-2-4-16(17)19/h2-8,12-13,20H,9-10H2,1H3. The predicted octanol–water partition coefficient (Wildman–Crippen LogP) is 5.58. The quantitative estimate of drug-likeness (QED) is 0.710. The Morgan fingerprint density at radius 2 is 1.62 bits per heavy atom. The Labute approximate surface area is 142 Å². The molecule has 4 heteroatoms. The van der Waals surface area contributed by atoms with Crippen molar-refractivity contribution in [1.82, 2.24) is 0 Å². The van der Waals surface area contributed by atoms with Crippen LogP contribution in [-0.4, -0.2) is 13.2 Å². The van der Waals surface area contributed by atoms with Crippen LogP contribution in [0.1, 0.15) is 24.3 Å². The zero-order valence-electron chi connectivity index (χ0n) is 11.8. The molecule has 0 saturated heterocycles. The molecule has 1 aliphatic carbocycles. The van der Waals surface area contributed by atoms with Crippen LogP contribution < -0.4 is 10.1 Å². The number of para-hydroxylation sites is 1. The first kappa shape index (κ1) is 14.9. The lowest BCUT2D eigenvalue weighted by Crippen LogP contribution is -2.34. The number of anilines is 1. The summed E-state index contributed by atoms with van der Waals surface area (Å²) in [4.78, 5) is 0.